The first-order chi connectivity index (χ1) is 11.6. The van der Waals surface area contributed by atoms with Gasteiger partial charge in [0.2, 0.25) is 0 Å². The van der Waals surface area contributed by atoms with Gasteiger partial charge in [-0.2, -0.15) is 0 Å². The minimum absolute atomic E-state index is 0.0501. The third-order valence-corrected chi connectivity index (χ3v) is 3.37. The molecule has 2 heterocycles. The van der Waals surface area contributed by atoms with E-state index in [1.54, 1.807) is 29.5 Å². The molecule has 3 rings (SSSR count). The minimum atomic E-state index is -0.505. The molecule has 8 heteroatoms. The zero-order valence-electron chi connectivity index (χ0n) is 12.5. The van der Waals surface area contributed by atoms with Gasteiger partial charge in [-0.15, -0.1) is 0 Å². The molecular weight excluding hydrogens is 310 g/mol. The van der Waals surface area contributed by atoms with Crippen LogP contribution in [0.3, 0.4) is 0 Å². The van der Waals surface area contributed by atoms with Gasteiger partial charge < -0.3 is 5.32 Å². The molecule has 1 amide bonds. The standard InChI is InChI=1S/C16H13N5O3/c22-16(13-2-4-14(5-3-13)21(23)24)19-10-12-1-6-15(18-9-12)20-8-7-17-11-20/h1-9,11H,10H2,(H,19,22). The molecule has 120 valence electrons. The summed E-state index contributed by atoms with van der Waals surface area (Å²) in [4.78, 5) is 30.4. The van der Waals surface area contributed by atoms with Crippen molar-refractivity contribution in [2.75, 3.05) is 0 Å². The first kappa shape index (κ1) is 15.3. The molecule has 0 aliphatic carbocycles. The summed E-state index contributed by atoms with van der Waals surface area (Å²) in [6.07, 6.45) is 6.78. The number of pyridine rings is 1. The lowest BCUT2D eigenvalue weighted by Gasteiger charge is -2.06. The number of rotatable bonds is 5. The topological polar surface area (TPSA) is 103 Å². The van der Waals surface area contributed by atoms with E-state index in [4.69, 9.17) is 0 Å². The quantitative estimate of drug-likeness (QED) is 0.572. The summed E-state index contributed by atoms with van der Waals surface area (Å²) in [5.74, 6) is 0.432. The Kier molecular flexibility index (Phi) is 4.28. The maximum absolute atomic E-state index is 12.0. The molecule has 0 bridgehead atoms. The molecule has 1 aromatic carbocycles. The van der Waals surface area contributed by atoms with Gasteiger partial charge in [0.15, 0.2) is 0 Å². The monoisotopic (exact) mass is 323 g/mol. The van der Waals surface area contributed by atoms with Gasteiger partial charge in [0.1, 0.15) is 12.1 Å². The fourth-order valence-corrected chi connectivity index (χ4v) is 2.09. The van der Waals surface area contributed by atoms with Gasteiger partial charge in [0.05, 0.1) is 4.92 Å². The Morgan fingerprint density at radius 2 is 2.00 bits per heavy atom. The third kappa shape index (κ3) is 3.43. The highest BCUT2D eigenvalue weighted by Gasteiger charge is 2.09. The zero-order chi connectivity index (χ0) is 16.9. The highest BCUT2D eigenvalue weighted by molar-refractivity contribution is 5.94. The molecule has 0 radical (unpaired) electrons. The van der Waals surface area contributed by atoms with Gasteiger partial charge in [0, 0.05) is 42.8 Å². The Hall–Kier alpha value is -3.55. The van der Waals surface area contributed by atoms with Crippen LogP contribution in [0.25, 0.3) is 5.82 Å². The number of imidazole rings is 1. The van der Waals surface area contributed by atoms with Crippen molar-refractivity contribution in [3.8, 4) is 5.82 Å². The van der Waals surface area contributed by atoms with E-state index in [0.29, 0.717) is 12.1 Å². The summed E-state index contributed by atoms with van der Waals surface area (Å²) in [6, 6.07) is 9.14. The number of carbonyl (C=O) groups excluding carboxylic acids is 1. The summed E-state index contributed by atoms with van der Waals surface area (Å²) in [5, 5.41) is 13.3. The number of nitro groups is 1. The van der Waals surface area contributed by atoms with Gasteiger partial charge in [-0.1, -0.05) is 6.07 Å². The van der Waals surface area contributed by atoms with Crippen LogP contribution in [0, 0.1) is 10.1 Å². The van der Waals surface area contributed by atoms with Crippen LogP contribution in [0.15, 0.2) is 61.3 Å². The molecule has 0 saturated carbocycles. The number of nitrogens with one attached hydrogen (secondary N) is 1. The number of benzene rings is 1. The van der Waals surface area contributed by atoms with E-state index in [0.717, 1.165) is 11.4 Å². The highest BCUT2D eigenvalue weighted by atomic mass is 16.6. The second kappa shape index (κ2) is 6.69. The van der Waals surface area contributed by atoms with Crippen molar-refractivity contribution in [1.82, 2.24) is 19.9 Å². The number of non-ortho nitro benzene ring substituents is 1. The minimum Gasteiger partial charge on any atom is -0.348 e. The van der Waals surface area contributed by atoms with Crippen LogP contribution >= 0.6 is 0 Å². The Morgan fingerprint density at radius 3 is 2.58 bits per heavy atom. The predicted octanol–water partition coefficient (Wildman–Crippen LogP) is 2.11. The fraction of sp³-hybridized carbons (Fsp3) is 0.0625. The van der Waals surface area contributed by atoms with Crippen molar-refractivity contribution in [3.63, 3.8) is 0 Å². The normalized spacial score (nSPS) is 10.3. The van der Waals surface area contributed by atoms with E-state index in [1.165, 1.54) is 24.3 Å². The van der Waals surface area contributed by atoms with Crippen LogP contribution in [-0.4, -0.2) is 25.4 Å². The second-order valence-electron chi connectivity index (χ2n) is 4.98. The van der Waals surface area contributed by atoms with Crippen LogP contribution in [0.1, 0.15) is 15.9 Å². The molecule has 8 nitrogen and oxygen atoms in total. The number of carbonyl (C=O) groups is 1. The summed E-state index contributed by atoms with van der Waals surface area (Å²) < 4.78 is 1.78. The van der Waals surface area contributed by atoms with Gasteiger partial charge in [-0.05, 0) is 23.8 Å². The Bertz CT molecular complexity index is 842. The Labute approximate surface area is 136 Å². The van der Waals surface area contributed by atoms with Gasteiger partial charge >= 0.3 is 0 Å². The molecular formula is C16H13N5O3. The van der Waals surface area contributed by atoms with E-state index in [1.807, 2.05) is 12.1 Å². The number of hydrogen-bond donors (Lipinski definition) is 1. The maximum Gasteiger partial charge on any atom is 0.269 e. The third-order valence-electron chi connectivity index (χ3n) is 3.37. The van der Waals surface area contributed by atoms with Gasteiger partial charge in [-0.3, -0.25) is 19.5 Å². The molecule has 0 atom stereocenters. The Morgan fingerprint density at radius 1 is 1.21 bits per heavy atom. The largest absolute Gasteiger partial charge is 0.348 e. The van der Waals surface area contributed by atoms with Crippen molar-refractivity contribution >= 4 is 11.6 Å². The molecule has 0 fully saturated rings. The van der Waals surface area contributed by atoms with Crippen molar-refractivity contribution in [1.29, 1.82) is 0 Å². The number of nitrogens with zero attached hydrogens (tertiary/aromatic N) is 4. The van der Waals surface area contributed by atoms with Gasteiger partial charge in [-0.25, -0.2) is 9.97 Å². The lowest BCUT2D eigenvalue weighted by atomic mass is 10.2. The smallest absolute Gasteiger partial charge is 0.269 e. The summed E-state index contributed by atoms with van der Waals surface area (Å²) in [7, 11) is 0. The fourth-order valence-electron chi connectivity index (χ4n) is 2.09. The van der Waals surface area contributed by atoms with E-state index in [9.17, 15) is 14.9 Å². The Balaban J connectivity index is 1.60. The van der Waals surface area contributed by atoms with Crippen LogP contribution < -0.4 is 5.32 Å². The first-order valence-corrected chi connectivity index (χ1v) is 7.09. The molecule has 0 aliphatic rings. The number of aromatic nitrogens is 3. The van der Waals surface area contributed by atoms with Crippen LogP contribution in [0.4, 0.5) is 5.69 Å². The number of hydrogen-bond acceptors (Lipinski definition) is 5. The lowest BCUT2D eigenvalue weighted by molar-refractivity contribution is -0.384. The molecule has 0 spiro atoms. The summed E-state index contributed by atoms with van der Waals surface area (Å²) >= 11 is 0. The summed E-state index contributed by atoms with van der Waals surface area (Å²) in [5.41, 5.74) is 1.16. The van der Waals surface area contributed by atoms with E-state index < -0.39 is 4.92 Å². The van der Waals surface area contributed by atoms with Crippen molar-refractivity contribution in [2.24, 2.45) is 0 Å². The molecule has 0 aliphatic heterocycles. The predicted molar refractivity (Wildman–Crippen MR) is 85.6 cm³/mol. The highest BCUT2D eigenvalue weighted by Crippen LogP contribution is 2.12. The summed E-state index contributed by atoms with van der Waals surface area (Å²) in [6.45, 7) is 0.313. The second-order valence-corrected chi connectivity index (χ2v) is 4.98. The van der Waals surface area contributed by atoms with E-state index in [2.05, 4.69) is 15.3 Å². The van der Waals surface area contributed by atoms with E-state index in [-0.39, 0.29) is 11.6 Å². The molecule has 0 saturated heterocycles. The van der Waals surface area contributed by atoms with Crippen molar-refractivity contribution in [3.05, 3.63) is 82.6 Å². The lowest BCUT2D eigenvalue weighted by Crippen LogP contribution is -2.22. The zero-order valence-corrected chi connectivity index (χ0v) is 12.5. The molecule has 1 N–H and O–H groups in total. The number of amides is 1. The average molecular weight is 323 g/mol. The molecule has 2 aromatic heterocycles. The SMILES string of the molecule is O=C(NCc1ccc(-n2ccnc2)nc1)c1ccc([N+](=O)[O-])cc1. The van der Waals surface area contributed by atoms with Gasteiger partial charge in [0.25, 0.3) is 11.6 Å². The van der Waals surface area contributed by atoms with E-state index >= 15 is 0 Å². The average Bonchev–Trinajstić information content (AvgIpc) is 3.15. The molecule has 24 heavy (non-hydrogen) atoms. The molecule has 3 aromatic rings. The van der Waals surface area contributed by atoms with Crippen LogP contribution in [-0.2, 0) is 6.54 Å². The van der Waals surface area contributed by atoms with Crippen molar-refractivity contribution in [2.45, 2.75) is 6.54 Å². The maximum atomic E-state index is 12.0. The first-order valence-electron chi connectivity index (χ1n) is 7.09. The van der Waals surface area contributed by atoms with Crippen LogP contribution in [0.5, 0.6) is 0 Å². The van der Waals surface area contributed by atoms with Crippen LogP contribution in [0.2, 0.25) is 0 Å². The molecule has 0 unspecified atom stereocenters. The van der Waals surface area contributed by atoms with Crippen molar-refractivity contribution < 1.29 is 9.72 Å². The number of nitro benzene ring substituents is 1.